The number of carboxylic acid groups (broad SMARTS) is 1. The molecule has 1 atom stereocenters. The molecule has 0 radical (unpaired) electrons. The van der Waals surface area contributed by atoms with Crippen molar-refractivity contribution in [2.45, 2.75) is 32.4 Å². The summed E-state index contributed by atoms with van der Waals surface area (Å²) >= 11 is 5.94. The van der Waals surface area contributed by atoms with Gasteiger partial charge in [0.2, 0.25) is 11.8 Å². The van der Waals surface area contributed by atoms with E-state index in [1.807, 2.05) is 31.2 Å². The zero-order valence-electron chi connectivity index (χ0n) is 14.7. The lowest BCUT2D eigenvalue weighted by molar-refractivity contribution is -0.133. The molecule has 1 aliphatic rings. The highest BCUT2D eigenvalue weighted by atomic mass is 35.5. The Morgan fingerprint density at radius 2 is 1.93 bits per heavy atom. The summed E-state index contributed by atoms with van der Waals surface area (Å²) < 4.78 is 0. The third-order valence-corrected chi connectivity index (χ3v) is 4.88. The molecule has 2 aromatic rings. The third-order valence-electron chi connectivity index (χ3n) is 4.57. The summed E-state index contributed by atoms with van der Waals surface area (Å²) in [6, 6.07) is 11.5. The molecular formula is C20H19ClN2O4. The van der Waals surface area contributed by atoms with Crippen LogP contribution in [0, 0.1) is 6.92 Å². The smallest absolute Gasteiger partial charge is 0.337 e. The van der Waals surface area contributed by atoms with E-state index in [9.17, 15) is 14.4 Å². The first-order valence-corrected chi connectivity index (χ1v) is 8.91. The number of aryl methyl sites for hydroxylation is 1. The quantitative estimate of drug-likeness (QED) is 0.823. The highest BCUT2D eigenvalue weighted by Crippen LogP contribution is 2.25. The van der Waals surface area contributed by atoms with Crippen molar-refractivity contribution in [3.05, 3.63) is 64.2 Å². The van der Waals surface area contributed by atoms with Crippen molar-refractivity contribution >= 4 is 35.1 Å². The number of benzene rings is 2. The molecule has 7 heteroatoms. The molecule has 3 rings (SSSR count). The van der Waals surface area contributed by atoms with E-state index in [1.54, 1.807) is 4.90 Å². The predicted octanol–water partition coefficient (Wildman–Crippen LogP) is 3.48. The molecule has 0 bridgehead atoms. The maximum Gasteiger partial charge on any atom is 0.337 e. The number of hydrogen-bond donors (Lipinski definition) is 2. The monoisotopic (exact) mass is 386 g/mol. The first kappa shape index (κ1) is 18.9. The molecule has 6 nitrogen and oxygen atoms in total. The van der Waals surface area contributed by atoms with E-state index in [0.717, 1.165) is 11.1 Å². The van der Waals surface area contributed by atoms with E-state index >= 15 is 0 Å². The fourth-order valence-corrected chi connectivity index (χ4v) is 3.35. The third kappa shape index (κ3) is 4.28. The number of halogens is 1. The van der Waals surface area contributed by atoms with Gasteiger partial charge in [-0.3, -0.25) is 9.59 Å². The number of likely N-dealkylation sites (tertiary alicyclic amines) is 1. The topological polar surface area (TPSA) is 86.7 Å². The number of carbonyl (C=O) groups excluding carboxylic acids is 2. The fraction of sp³-hybridized carbons (Fsp3) is 0.250. The van der Waals surface area contributed by atoms with Crippen molar-refractivity contribution in [3.8, 4) is 0 Å². The lowest BCUT2D eigenvalue weighted by Crippen LogP contribution is -2.41. The fourth-order valence-electron chi connectivity index (χ4n) is 3.09. The second-order valence-corrected chi connectivity index (χ2v) is 6.96. The van der Waals surface area contributed by atoms with E-state index in [-0.39, 0.29) is 22.4 Å². The van der Waals surface area contributed by atoms with Gasteiger partial charge in [0.25, 0.3) is 0 Å². The molecule has 1 fully saturated rings. The molecule has 1 aliphatic heterocycles. The van der Waals surface area contributed by atoms with Crippen LogP contribution in [0.4, 0.5) is 5.69 Å². The normalized spacial score (nSPS) is 16.4. The maximum absolute atomic E-state index is 12.7. The minimum absolute atomic E-state index is 0.0355. The summed E-state index contributed by atoms with van der Waals surface area (Å²) in [6.07, 6.45) is 0.764. The lowest BCUT2D eigenvalue weighted by Gasteiger charge is -2.24. The molecule has 0 aromatic heterocycles. The second-order valence-electron chi connectivity index (χ2n) is 6.55. The van der Waals surface area contributed by atoms with Crippen molar-refractivity contribution < 1.29 is 19.5 Å². The molecule has 0 aliphatic carbocycles. The lowest BCUT2D eigenvalue weighted by atomic mass is 10.1. The summed E-state index contributed by atoms with van der Waals surface area (Å²) in [5, 5.41) is 11.8. The van der Waals surface area contributed by atoms with Gasteiger partial charge < -0.3 is 15.3 Å². The molecule has 27 heavy (non-hydrogen) atoms. The Morgan fingerprint density at radius 1 is 1.22 bits per heavy atom. The molecule has 0 saturated carbocycles. The van der Waals surface area contributed by atoms with Crippen LogP contribution in [-0.4, -0.2) is 33.8 Å². The van der Waals surface area contributed by atoms with Crippen LogP contribution < -0.4 is 5.32 Å². The zero-order valence-corrected chi connectivity index (χ0v) is 15.5. The average Bonchev–Trinajstić information content (AvgIpc) is 2.97. The van der Waals surface area contributed by atoms with Crippen molar-refractivity contribution in [1.29, 1.82) is 0 Å². The number of aromatic carboxylic acids is 1. The van der Waals surface area contributed by atoms with Crippen molar-refractivity contribution in [1.82, 2.24) is 4.90 Å². The van der Waals surface area contributed by atoms with Crippen LogP contribution in [0.25, 0.3) is 0 Å². The number of anilines is 1. The van der Waals surface area contributed by atoms with Crippen molar-refractivity contribution in [3.63, 3.8) is 0 Å². The van der Waals surface area contributed by atoms with Crippen molar-refractivity contribution in [2.24, 2.45) is 0 Å². The molecule has 1 unspecified atom stereocenters. The van der Waals surface area contributed by atoms with Gasteiger partial charge in [0, 0.05) is 18.7 Å². The SMILES string of the molecule is Cc1ccc(CN2C(=O)CCC2C(=O)Nc2ccc(C(=O)O)c(Cl)c2)cc1. The van der Waals surface area contributed by atoms with E-state index in [2.05, 4.69) is 5.32 Å². The highest BCUT2D eigenvalue weighted by Gasteiger charge is 2.36. The molecule has 0 spiro atoms. The van der Waals surface area contributed by atoms with Gasteiger partial charge >= 0.3 is 5.97 Å². The van der Waals surface area contributed by atoms with E-state index < -0.39 is 12.0 Å². The van der Waals surface area contributed by atoms with E-state index in [4.69, 9.17) is 16.7 Å². The molecule has 1 heterocycles. The Labute approximate surface area is 161 Å². The Hall–Kier alpha value is -2.86. The van der Waals surface area contributed by atoms with Crippen LogP contribution in [0.3, 0.4) is 0 Å². The standard InChI is InChI=1S/C20H19ClN2O4/c1-12-2-4-13(5-3-12)11-23-17(8-9-18(23)24)19(25)22-14-6-7-15(20(26)27)16(21)10-14/h2-7,10,17H,8-9,11H2,1H3,(H,22,25)(H,26,27). The van der Waals surface area contributed by atoms with Crippen LogP contribution in [0.1, 0.15) is 34.3 Å². The van der Waals surface area contributed by atoms with Gasteiger partial charge in [0.1, 0.15) is 6.04 Å². The molecule has 1 saturated heterocycles. The zero-order chi connectivity index (χ0) is 19.6. The van der Waals surface area contributed by atoms with Gasteiger partial charge in [0.15, 0.2) is 0 Å². The Balaban J connectivity index is 1.73. The van der Waals surface area contributed by atoms with Crippen LogP contribution in [0.15, 0.2) is 42.5 Å². The molecule has 2 amide bonds. The summed E-state index contributed by atoms with van der Waals surface area (Å²) in [5.74, 6) is -1.51. The van der Waals surface area contributed by atoms with Crippen molar-refractivity contribution in [2.75, 3.05) is 5.32 Å². The number of carbonyl (C=O) groups is 3. The first-order valence-electron chi connectivity index (χ1n) is 8.54. The second kappa shape index (κ2) is 7.80. The number of amides is 2. The average molecular weight is 387 g/mol. The maximum atomic E-state index is 12.7. The Morgan fingerprint density at radius 3 is 2.56 bits per heavy atom. The largest absolute Gasteiger partial charge is 0.478 e. The number of nitrogens with zero attached hydrogens (tertiary/aromatic N) is 1. The molecule has 2 aromatic carbocycles. The number of nitrogens with one attached hydrogen (secondary N) is 1. The van der Waals surface area contributed by atoms with Crippen LogP contribution in [0.2, 0.25) is 5.02 Å². The Bertz CT molecular complexity index is 895. The van der Waals surface area contributed by atoms with E-state index in [1.165, 1.54) is 18.2 Å². The van der Waals surface area contributed by atoms with Crippen LogP contribution in [0.5, 0.6) is 0 Å². The number of hydrogen-bond acceptors (Lipinski definition) is 3. The predicted molar refractivity (Wildman–Crippen MR) is 102 cm³/mol. The summed E-state index contributed by atoms with van der Waals surface area (Å²) in [5.41, 5.74) is 2.45. The van der Waals surface area contributed by atoms with E-state index in [0.29, 0.717) is 25.1 Å². The van der Waals surface area contributed by atoms with Gasteiger partial charge in [-0.1, -0.05) is 41.4 Å². The Kier molecular flexibility index (Phi) is 5.46. The molecule has 2 N–H and O–H groups in total. The molecular weight excluding hydrogens is 368 g/mol. The van der Waals surface area contributed by atoms with Gasteiger partial charge in [-0.2, -0.15) is 0 Å². The number of carboxylic acids is 1. The van der Waals surface area contributed by atoms with Gasteiger partial charge in [-0.25, -0.2) is 4.79 Å². The minimum atomic E-state index is -1.14. The number of rotatable bonds is 5. The summed E-state index contributed by atoms with van der Waals surface area (Å²) in [7, 11) is 0. The van der Waals surface area contributed by atoms with Crippen LogP contribution in [-0.2, 0) is 16.1 Å². The van der Waals surface area contributed by atoms with Gasteiger partial charge in [0.05, 0.1) is 10.6 Å². The minimum Gasteiger partial charge on any atom is -0.478 e. The van der Waals surface area contributed by atoms with Crippen LogP contribution >= 0.6 is 11.6 Å². The molecule has 140 valence electrons. The first-order chi connectivity index (χ1) is 12.8. The summed E-state index contributed by atoms with van der Waals surface area (Å²) in [6.45, 7) is 2.36. The summed E-state index contributed by atoms with van der Waals surface area (Å²) in [4.78, 5) is 37.5. The van der Waals surface area contributed by atoms with Gasteiger partial charge in [-0.15, -0.1) is 0 Å². The van der Waals surface area contributed by atoms with Gasteiger partial charge in [-0.05, 0) is 37.1 Å². The highest BCUT2D eigenvalue weighted by molar-refractivity contribution is 6.33.